The van der Waals surface area contributed by atoms with E-state index in [-0.39, 0.29) is 23.7 Å². The first-order valence-corrected chi connectivity index (χ1v) is 6.25. The summed E-state index contributed by atoms with van der Waals surface area (Å²) >= 11 is 0. The Bertz CT molecular complexity index is 383. The molecule has 0 aromatic heterocycles. The van der Waals surface area contributed by atoms with E-state index in [9.17, 15) is 5.11 Å². The van der Waals surface area contributed by atoms with Crippen molar-refractivity contribution in [2.24, 2.45) is 5.92 Å². The summed E-state index contributed by atoms with van der Waals surface area (Å²) in [6.45, 7) is 6.35. The van der Waals surface area contributed by atoms with Crippen LogP contribution in [-0.2, 0) is 18.9 Å². The molecule has 0 radical (unpaired) electrons. The van der Waals surface area contributed by atoms with Crippen molar-refractivity contribution < 1.29 is 24.1 Å². The third-order valence-electron chi connectivity index (χ3n) is 4.70. The smallest absolute Gasteiger partial charge is 0.164 e. The van der Waals surface area contributed by atoms with Gasteiger partial charge in [-0.25, -0.2) is 0 Å². The van der Waals surface area contributed by atoms with E-state index in [1.807, 2.05) is 20.8 Å². The summed E-state index contributed by atoms with van der Waals surface area (Å²) in [5.74, 6) is -0.756. The van der Waals surface area contributed by atoms with Crippen molar-refractivity contribution in [3.8, 4) is 0 Å². The molecule has 0 amide bonds. The lowest BCUT2D eigenvalue weighted by molar-refractivity contribution is -0.263. The molecule has 0 bridgehead atoms. The Labute approximate surface area is 100.0 Å². The van der Waals surface area contributed by atoms with Gasteiger partial charge in [-0.15, -0.1) is 0 Å². The first kappa shape index (κ1) is 10.7. The second kappa shape index (κ2) is 2.70. The topological polar surface area (TPSA) is 60.5 Å². The molecule has 0 aromatic carbocycles. The van der Waals surface area contributed by atoms with Crippen LogP contribution in [0.15, 0.2) is 0 Å². The summed E-state index contributed by atoms with van der Waals surface area (Å²) < 4.78 is 23.2. The van der Waals surface area contributed by atoms with Gasteiger partial charge in [-0.3, -0.25) is 0 Å². The van der Waals surface area contributed by atoms with Crippen molar-refractivity contribution in [1.82, 2.24) is 0 Å². The van der Waals surface area contributed by atoms with Crippen LogP contribution in [0, 0.1) is 5.92 Å². The van der Waals surface area contributed by atoms with E-state index in [0.717, 1.165) is 6.42 Å². The Balaban J connectivity index is 1.80. The van der Waals surface area contributed by atoms with Gasteiger partial charge in [0.05, 0.1) is 12.5 Å². The van der Waals surface area contributed by atoms with Gasteiger partial charge in [-0.2, -0.15) is 0 Å². The summed E-state index contributed by atoms with van der Waals surface area (Å²) in [5.41, 5.74) is -0.778. The molecule has 1 saturated carbocycles. The van der Waals surface area contributed by atoms with E-state index >= 15 is 0 Å². The predicted octanol–water partition coefficient (Wildman–Crippen LogP) is 0.403. The van der Waals surface area contributed by atoms with Crippen molar-refractivity contribution in [2.75, 3.05) is 6.61 Å². The fraction of sp³-hybridized carbons (Fsp3) is 1.00. The van der Waals surface area contributed by atoms with Crippen molar-refractivity contribution in [1.29, 1.82) is 0 Å². The Hall–Kier alpha value is -0.200. The molecule has 1 N–H and O–H groups in total. The van der Waals surface area contributed by atoms with E-state index in [1.54, 1.807) is 0 Å². The lowest BCUT2D eigenvalue weighted by Gasteiger charge is -2.43. The fourth-order valence-corrected chi connectivity index (χ4v) is 4.15. The SMILES string of the molecule is CC1(C)O[C@@H]2[C@@H]3O[C@]3(C)C3C(O)OCC[C@]32O1. The highest BCUT2D eigenvalue weighted by Crippen LogP contribution is 2.67. The summed E-state index contributed by atoms with van der Waals surface area (Å²) in [4.78, 5) is 0. The molecule has 4 aliphatic rings. The van der Waals surface area contributed by atoms with Gasteiger partial charge in [-0.1, -0.05) is 0 Å². The zero-order chi connectivity index (χ0) is 12.1. The molecule has 1 spiro atoms. The molecule has 4 fully saturated rings. The monoisotopic (exact) mass is 242 g/mol. The van der Waals surface area contributed by atoms with Gasteiger partial charge in [0, 0.05) is 6.42 Å². The molecule has 6 atom stereocenters. The molecule has 0 aromatic rings. The Morgan fingerprint density at radius 1 is 1.12 bits per heavy atom. The second-order valence-electron chi connectivity index (χ2n) is 6.21. The van der Waals surface area contributed by atoms with E-state index in [4.69, 9.17) is 18.9 Å². The molecule has 3 aliphatic heterocycles. The highest BCUT2D eigenvalue weighted by molar-refractivity contribution is 5.28. The van der Waals surface area contributed by atoms with Crippen LogP contribution in [0.3, 0.4) is 0 Å². The summed E-state index contributed by atoms with van der Waals surface area (Å²) in [6.07, 6.45) is -0.101. The van der Waals surface area contributed by atoms with E-state index in [2.05, 4.69) is 0 Å². The number of hydrogen-bond acceptors (Lipinski definition) is 5. The third-order valence-corrected chi connectivity index (χ3v) is 4.70. The van der Waals surface area contributed by atoms with Gasteiger partial charge >= 0.3 is 0 Å². The third kappa shape index (κ3) is 1.08. The predicted molar refractivity (Wildman–Crippen MR) is 56.1 cm³/mol. The quantitative estimate of drug-likeness (QED) is 0.623. The van der Waals surface area contributed by atoms with E-state index in [0.29, 0.717) is 6.61 Å². The number of fused-ring (bicyclic) bond motifs is 3. The van der Waals surface area contributed by atoms with Crippen LogP contribution in [0.4, 0.5) is 0 Å². The number of epoxide rings is 1. The Morgan fingerprint density at radius 2 is 1.88 bits per heavy atom. The minimum Gasteiger partial charge on any atom is -0.367 e. The molecule has 3 saturated heterocycles. The van der Waals surface area contributed by atoms with Crippen molar-refractivity contribution in [3.63, 3.8) is 0 Å². The average molecular weight is 242 g/mol. The zero-order valence-electron chi connectivity index (χ0n) is 10.3. The number of hydrogen-bond donors (Lipinski definition) is 1. The van der Waals surface area contributed by atoms with E-state index < -0.39 is 17.7 Å². The highest BCUT2D eigenvalue weighted by atomic mass is 16.8. The first-order valence-electron chi connectivity index (χ1n) is 6.25. The van der Waals surface area contributed by atoms with Gasteiger partial charge in [0.2, 0.25) is 0 Å². The second-order valence-corrected chi connectivity index (χ2v) is 6.21. The van der Waals surface area contributed by atoms with Crippen LogP contribution in [0.5, 0.6) is 0 Å². The maximum atomic E-state index is 10.1. The van der Waals surface area contributed by atoms with Gasteiger partial charge in [-0.05, 0) is 20.8 Å². The molecule has 96 valence electrons. The van der Waals surface area contributed by atoms with Gasteiger partial charge < -0.3 is 24.1 Å². The van der Waals surface area contributed by atoms with Crippen LogP contribution in [0.1, 0.15) is 27.2 Å². The molecule has 5 nitrogen and oxygen atoms in total. The lowest BCUT2D eigenvalue weighted by atomic mass is 9.79. The van der Waals surface area contributed by atoms with Crippen LogP contribution in [0.2, 0.25) is 0 Å². The molecular weight excluding hydrogens is 224 g/mol. The van der Waals surface area contributed by atoms with Gasteiger partial charge in [0.25, 0.3) is 0 Å². The van der Waals surface area contributed by atoms with Gasteiger partial charge in [0.15, 0.2) is 12.1 Å². The lowest BCUT2D eigenvalue weighted by Crippen LogP contribution is -2.56. The van der Waals surface area contributed by atoms with Crippen molar-refractivity contribution in [3.05, 3.63) is 0 Å². The van der Waals surface area contributed by atoms with Crippen LogP contribution in [0.25, 0.3) is 0 Å². The Morgan fingerprint density at radius 3 is 2.65 bits per heavy atom. The molecule has 3 heterocycles. The summed E-state index contributed by atoms with van der Waals surface area (Å²) in [7, 11) is 0. The maximum absolute atomic E-state index is 10.1. The molecule has 4 rings (SSSR count). The molecule has 1 aliphatic carbocycles. The highest BCUT2D eigenvalue weighted by Gasteiger charge is 2.83. The zero-order valence-corrected chi connectivity index (χ0v) is 10.3. The molecule has 2 unspecified atom stereocenters. The number of aliphatic hydroxyl groups is 1. The number of rotatable bonds is 0. The van der Waals surface area contributed by atoms with Crippen LogP contribution in [-0.4, -0.2) is 47.2 Å². The van der Waals surface area contributed by atoms with Crippen LogP contribution < -0.4 is 0 Å². The first-order chi connectivity index (χ1) is 7.89. The molecular formula is C12H18O5. The molecule has 17 heavy (non-hydrogen) atoms. The van der Waals surface area contributed by atoms with Gasteiger partial charge in [0.1, 0.15) is 23.4 Å². The van der Waals surface area contributed by atoms with Crippen LogP contribution >= 0.6 is 0 Å². The molecule has 5 heteroatoms. The normalized spacial score (nSPS) is 62.8. The standard InChI is InChI=1S/C12H18O5/c1-10(2)15-8-7-11(3,16-7)6-9(13)14-5-4-12(6,8)17-10/h6-9,13H,4-5H2,1-3H3/t6?,7-,8+,9?,11+,12-/m0/s1. The Kier molecular flexibility index (Phi) is 1.70. The van der Waals surface area contributed by atoms with E-state index in [1.165, 1.54) is 0 Å². The minimum atomic E-state index is -0.818. The summed E-state index contributed by atoms with van der Waals surface area (Å²) in [6, 6.07) is 0. The number of ether oxygens (including phenoxy) is 4. The van der Waals surface area contributed by atoms with Crippen molar-refractivity contribution in [2.45, 2.75) is 62.7 Å². The summed E-state index contributed by atoms with van der Waals surface area (Å²) in [5, 5.41) is 10.1. The largest absolute Gasteiger partial charge is 0.367 e. The maximum Gasteiger partial charge on any atom is 0.164 e. The fourth-order valence-electron chi connectivity index (χ4n) is 4.15. The minimum absolute atomic E-state index is 0.0330. The number of aliphatic hydroxyl groups excluding tert-OH is 1. The van der Waals surface area contributed by atoms with Crippen molar-refractivity contribution >= 4 is 0 Å². The average Bonchev–Trinajstić information content (AvgIpc) is 2.71.